The summed E-state index contributed by atoms with van der Waals surface area (Å²) in [6.45, 7) is 3.94. The fourth-order valence-electron chi connectivity index (χ4n) is 2.73. The zero-order valence-electron chi connectivity index (χ0n) is 15.1. The van der Waals surface area contributed by atoms with Crippen LogP contribution in [0.5, 0.6) is 5.75 Å². The van der Waals surface area contributed by atoms with E-state index in [0.29, 0.717) is 17.9 Å². The molecule has 9 nitrogen and oxygen atoms in total. The Morgan fingerprint density at radius 2 is 1.86 bits per heavy atom. The van der Waals surface area contributed by atoms with Crippen molar-refractivity contribution in [1.82, 2.24) is 0 Å². The maximum Gasteiger partial charge on any atom is 0.301 e. The average molecular weight is 392 g/mol. The van der Waals surface area contributed by atoms with Gasteiger partial charge >= 0.3 is 5.69 Å². The second kappa shape index (κ2) is 8.61. The Hall–Kier alpha value is -4.27. The van der Waals surface area contributed by atoms with Crippen molar-refractivity contribution >= 4 is 34.0 Å². The minimum absolute atomic E-state index is 0.0330. The fourth-order valence-corrected chi connectivity index (χ4v) is 2.73. The molecule has 0 fully saturated rings. The van der Waals surface area contributed by atoms with Crippen molar-refractivity contribution in [3.05, 3.63) is 93.0 Å². The summed E-state index contributed by atoms with van der Waals surface area (Å²) in [6.07, 6.45) is 3.11. The van der Waals surface area contributed by atoms with Gasteiger partial charge in [0.05, 0.1) is 22.1 Å². The van der Waals surface area contributed by atoms with Gasteiger partial charge in [-0.2, -0.15) is 5.10 Å². The summed E-state index contributed by atoms with van der Waals surface area (Å²) in [5, 5.41) is 28.0. The Bertz CT molecular complexity index is 1130. The van der Waals surface area contributed by atoms with Crippen LogP contribution in [0.3, 0.4) is 0 Å². The molecule has 3 rings (SSSR count). The molecule has 0 saturated heterocycles. The maximum atomic E-state index is 11.2. The first-order valence-electron chi connectivity index (χ1n) is 8.48. The number of nitrogens with one attached hydrogen (secondary N) is 1. The van der Waals surface area contributed by atoms with Gasteiger partial charge in [0.1, 0.15) is 18.0 Å². The third-order valence-electron chi connectivity index (χ3n) is 4.05. The molecule has 29 heavy (non-hydrogen) atoms. The number of non-ortho nitro benzene ring substituents is 1. The van der Waals surface area contributed by atoms with Gasteiger partial charge in [-0.1, -0.05) is 43.0 Å². The van der Waals surface area contributed by atoms with Crippen molar-refractivity contribution in [2.24, 2.45) is 5.10 Å². The van der Waals surface area contributed by atoms with Crippen LogP contribution < -0.4 is 10.2 Å². The molecule has 0 heterocycles. The molecule has 0 bridgehead atoms. The van der Waals surface area contributed by atoms with E-state index in [1.54, 1.807) is 6.08 Å². The number of nitrogens with zero attached hydrogens (tertiary/aromatic N) is 3. The second-order valence-electron chi connectivity index (χ2n) is 5.88. The van der Waals surface area contributed by atoms with Gasteiger partial charge in [0, 0.05) is 11.6 Å². The maximum absolute atomic E-state index is 11.2. The molecular weight excluding hydrogens is 376 g/mol. The van der Waals surface area contributed by atoms with Gasteiger partial charge in [0.2, 0.25) is 0 Å². The van der Waals surface area contributed by atoms with E-state index in [4.69, 9.17) is 4.74 Å². The lowest BCUT2D eigenvalue weighted by molar-refractivity contribution is -0.393. The fraction of sp³-hybridized carbons (Fsp3) is 0.0500. The molecule has 0 spiro atoms. The average Bonchev–Trinajstić information content (AvgIpc) is 2.72. The van der Waals surface area contributed by atoms with E-state index >= 15 is 0 Å². The Morgan fingerprint density at radius 1 is 1.07 bits per heavy atom. The van der Waals surface area contributed by atoms with E-state index in [1.807, 2.05) is 36.4 Å². The molecule has 0 aliphatic heterocycles. The van der Waals surface area contributed by atoms with Crippen LogP contribution in [0.2, 0.25) is 0 Å². The van der Waals surface area contributed by atoms with Crippen LogP contribution in [0.4, 0.5) is 17.1 Å². The lowest BCUT2D eigenvalue weighted by Crippen LogP contribution is -2.01. The molecule has 3 aromatic rings. The minimum atomic E-state index is -0.707. The largest absolute Gasteiger partial charge is 0.489 e. The number of fused-ring (bicyclic) bond motifs is 1. The summed E-state index contributed by atoms with van der Waals surface area (Å²) in [7, 11) is 0. The molecule has 146 valence electrons. The third-order valence-corrected chi connectivity index (χ3v) is 4.05. The standard InChI is InChI=1S/C20H16N4O5/c1-2-11-29-20-10-7-14-5-3-4-6-16(14)17(20)13-21-22-18-9-8-15(23(25)26)12-19(18)24(27)28/h2-10,12-13,22H,1,11H2/b21-13+. The van der Waals surface area contributed by atoms with Gasteiger partial charge in [-0.3, -0.25) is 25.7 Å². The zero-order valence-corrected chi connectivity index (χ0v) is 15.1. The summed E-state index contributed by atoms with van der Waals surface area (Å²) >= 11 is 0. The van der Waals surface area contributed by atoms with Crippen LogP contribution in [-0.2, 0) is 0 Å². The summed E-state index contributed by atoms with van der Waals surface area (Å²) in [6, 6.07) is 14.7. The molecule has 0 radical (unpaired) electrons. The summed E-state index contributed by atoms with van der Waals surface area (Å²) < 4.78 is 5.68. The van der Waals surface area contributed by atoms with Gasteiger partial charge < -0.3 is 4.74 Å². The Kier molecular flexibility index (Phi) is 5.79. The second-order valence-corrected chi connectivity index (χ2v) is 5.88. The number of hydrogen-bond acceptors (Lipinski definition) is 7. The van der Waals surface area contributed by atoms with E-state index in [0.717, 1.165) is 16.8 Å². The van der Waals surface area contributed by atoms with Crippen molar-refractivity contribution in [1.29, 1.82) is 0 Å². The Balaban J connectivity index is 1.96. The number of rotatable bonds is 8. The molecule has 0 aromatic heterocycles. The number of hydrogen-bond donors (Lipinski definition) is 1. The molecule has 0 atom stereocenters. The van der Waals surface area contributed by atoms with Crippen molar-refractivity contribution in [3.8, 4) is 5.75 Å². The van der Waals surface area contributed by atoms with Crippen LogP contribution in [0.15, 0.2) is 72.4 Å². The lowest BCUT2D eigenvalue weighted by atomic mass is 10.0. The van der Waals surface area contributed by atoms with Gasteiger partial charge in [0.15, 0.2) is 0 Å². The molecule has 0 amide bonds. The number of nitro benzene ring substituents is 2. The van der Waals surface area contributed by atoms with Crippen molar-refractivity contribution < 1.29 is 14.6 Å². The van der Waals surface area contributed by atoms with Crippen LogP contribution >= 0.6 is 0 Å². The molecule has 1 N–H and O–H groups in total. The van der Waals surface area contributed by atoms with Crippen LogP contribution in [0.1, 0.15) is 5.56 Å². The number of nitro groups is 2. The number of hydrazone groups is 1. The monoisotopic (exact) mass is 392 g/mol. The van der Waals surface area contributed by atoms with Crippen molar-refractivity contribution in [3.63, 3.8) is 0 Å². The molecular formula is C20H16N4O5. The summed E-state index contributed by atoms with van der Waals surface area (Å²) in [5.41, 5.74) is 2.48. The van der Waals surface area contributed by atoms with Crippen molar-refractivity contribution in [2.45, 2.75) is 0 Å². The molecule has 0 unspecified atom stereocenters. The number of benzene rings is 3. The van der Waals surface area contributed by atoms with E-state index in [1.165, 1.54) is 18.3 Å². The third kappa shape index (κ3) is 4.35. The predicted molar refractivity (Wildman–Crippen MR) is 111 cm³/mol. The summed E-state index contributed by atoms with van der Waals surface area (Å²) in [5.74, 6) is 0.576. The van der Waals surface area contributed by atoms with E-state index in [9.17, 15) is 20.2 Å². The van der Waals surface area contributed by atoms with Gasteiger partial charge in [-0.25, -0.2) is 0 Å². The molecule has 3 aromatic carbocycles. The van der Waals surface area contributed by atoms with Gasteiger partial charge in [-0.15, -0.1) is 0 Å². The minimum Gasteiger partial charge on any atom is -0.489 e. The van der Waals surface area contributed by atoms with Crippen LogP contribution in [0, 0.1) is 20.2 Å². The predicted octanol–water partition coefficient (Wildman–Crippen LogP) is 4.67. The highest BCUT2D eigenvalue weighted by molar-refractivity contribution is 6.02. The first-order chi connectivity index (χ1) is 14.0. The van der Waals surface area contributed by atoms with E-state index in [2.05, 4.69) is 17.1 Å². The molecule has 9 heteroatoms. The smallest absolute Gasteiger partial charge is 0.301 e. The first-order valence-corrected chi connectivity index (χ1v) is 8.48. The quantitative estimate of drug-likeness (QED) is 0.257. The highest BCUT2D eigenvalue weighted by Crippen LogP contribution is 2.30. The van der Waals surface area contributed by atoms with Gasteiger partial charge in [0.25, 0.3) is 5.69 Å². The van der Waals surface area contributed by atoms with Crippen LogP contribution in [-0.4, -0.2) is 22.7 Å². The highest BCUT2D eigenvalue weighted by atomic mass is 16.6. The highest BCUT2D eigenvalue weighted by Gasteiger charge is 2.19. The first kappa shape index (κ1) is 19.5. The number of ether oxygens (including phenoxy) is 1. The molecule has 0 saturated carbocycles. The van der Waals surface area contributed by atoms with Gasteiger partial charge in [-0.05, 0) is 22.9 Å². The lowest BCUT2D eigenvalue weighted by Gasteiger charge is -2.10. The van der Waals surface area contributed by atoms with Crippen molar-refractivity contribution in [2.75, 3.05) is 12.0 Å². The molecule has 0 aliphatic carbocycles. The topological polar surface area (TPSA) is 120 Å². The van der Waals surface area contributed by atoms with Crippen LogP contribution in [0.25, 0.3) is 10.8 Å². The Labute approximate surface area is 165 Å². The summed E-state index contributed by atoms with van der Waals surface area (Å²) in [4.78, 5) is 20.7. The van der Waals surface area contributed by atoms with E-state index < -0.39 is 15.5 Å². The normalized spacial score (nSPS) is 10.8. The zero-order chi connectivity index (χ0) is 20.8. The SMILES string of the molecule is C=CCOc1ccc2ccccc2c1/C=N/Nc1ccc([N+](=O)[O-])cc1[N+](=O)[O-]. The number of anilines is 1. The Morgan fingerprint density at radius 3 is 2.59 bits per heavy atom. The van der Waals surface area contributed by atoms with E-state index in [-0.39, 0.29) is 11.4 Å². The molecule has 0 aliphatic rings.